The Morgan fingerprint density at radius 2 is 2.12 bits per heavy atom. The monoisotopic (exact) mass is 238 g/mol. The highest BCUT2D eigenvalue weighted by molar-refractivity contribution is 4.93. The fourth-order valence-corrected chi connectivity index (χ4v) is 1.93. The summed E-state index contributed by atoms with van der Waals surface area (Å²) in [6, 6.07) is 0. The molecule has 4 heteroatoms. The van der Waals surface area contributed by atoms with Crippen LogP contribution >= 0.6 is 0 Å². The van der Waals surface area contributed by atoms with Crippen molar-refractivity contribution in [2.24, 2.45) is 0 Å². The van der Waals surface area contributed by atoms with Crippen LogP contribution in [-0.4, -0.2) is 25.7 Å². The van der Waals surface area contributed by atoms with Gasteiger partial charge in [0, 0.05) is 12.7 Å². The lowest BCUT2D eigenvalue weighted by molar-refractivity contribution is 0.0218. The Balaban J connectivity index is 2.34. The average Bonchev–Trinajstić information content (AvgIpc) is 2.77. The summed E-state index contributed by atoms with van der Waals surface area (Å²) >= 11 is 0. The van der Waals surface area contributed by atoms with Crippen LogP contribution in [0.3, 0.4) is 0 Å². The van der Waals surface area contributed by atoms with E-state index < -0.39 is 5.60 Å². The number of rotatable bonds is 8. The molecule has 0 aliphatic rings. The lowest BCUT2D eigenvalue weighted by Crippen LogP contribution is -2.26. The van der Waals surface area contributed by atoms with Crippen LogP contribution in [0.2, 0.25) is 0 Å². The second-order valence-corrected chi connectivity index (χ2v) is 4.61. The van der Waals surface area contributed by atoms with E-state index in [1.807, 2.05) is 24.7 Å². The first kappa shape index (κ1) is 14.2. The van der Waals surface area contributed by atoms with Crippen LogP contribution in [0.25, 0.3) is 0 Å². The Kier molecular flexibility index (Phi) is 5.62. The minimum absolute atomic E-state index is 0.497. The molecule has 0 amide bonds. The summed E-state index contributed by atoms with van der Waals surface area (Å²) in [5.74, 6) is 0. The summed E-state index contributed by atoms with van der Waals surface area (Å²) in [4.78, 5) is 0. The smallest absolute Gasteiger partial charge is 0.0827 e. The molecular weight excluding hydrogens is 214 g/mol. The molecule has 0 atom stereocenters. The minimum atomic E-state index is -0.497. The maximum absolute atomic E-state index is 10.1. The van der Waals surface area contributed by atoms with Gasteiger partial charge in [-0.1, -0.05) is 26.0 Å². The van der Waals surface area contributed by atoms with Gasteiger partial charge in [0.15, 0.2) is 0 Å². The standard InChI is InChI=1S/C13H24N3O/c1-4-10-16-11-12(14-15-16)8-7-9-13(17,5-2)6-3/h11,17H,1,4-10H2,2-3H3. The summed E-state index contributed by atoms with van der Waals surface area (Å²) in [7, 11) is 0. The highest BCUT2D eigenvalue weighted by atomic mass is 16.3. The molecule has 0 bridgehead atoms. The van der Waals surface area contributed by atoms with Crippen LogP contribution in [-0.2, 0) is 13.0 Å². The van der Waals surface area contributed by atoms with E-state index in [4.69, 9.17) is 0 Å². The quantitative estimate of drug-likeness (QED) is 0.756. The second kappa shape index (κ2) is 6.74. The molecule has 1 heterocycles. The molecule has 1 aromatic heterocycles. The molecule has 0 aliphatic carbocycles. The van der Waals surface area contributed by atoms with Crippen molar-refractivity contribution in [1.82, 2.24) is 15.0 Å². The highest BCUT2D eigenvalue weighted by Gasteiger charge is 2.21. The van der Waals surface area contributed by atoms with Crippen molar-refractivity contribution >= 4 is 0 Å². The number of aliphatic hydroxyl groups is 1. The third-order valence-corrected chi connectivity index (χ3v) is 3.36. The van der Waals surface area contributed by atoms with Gasteiger partial charge in [-0.3, -0.25) is 4.68 Å². The van der Waals surface area contributed by atoms with Crippen molar-refractivity contribution < 1.29 is 5.11 Å². The number of hydrogen-bond donors (Lipinski definition) is 1. The molecule has 1 rings (SSSR count). The van der Waals surface area contributed by atoms with E-state index in [0.717, 1.165) is 50.8 Å². The number of hydrogen-bond acceptors (Lipinski definition) is 3. The van der Waals surface area contributed by atoms with E-state index in [0.29, 0.717) is 0 Å². The summed E-state index contributed by atoms with van der Waals surface area (Å²) in [5, 5.41) is 18.3. The molecule has 1 radical (unpaired) electrons. The molecule has 1 aromatic rings. The van der Waals surface area contributed by atoms with Crippen molar-refractivity contribution in [2.75, 3.05) is 0 Å². The Bertz CT molecular complexity index is 318. The van der Waals surface area contributed by atoms with Crippen molar-refractivity contribution in [3.63, 3.8) is 0 Å². The first-order valence-electron chi connectivity index (χ1n) is 6.54. The van der Waals surface area contributed by atoms with Crippen LogP contribution in [0, 0.1) is 6.92 Å². The van der Waals surface area contributed by atoms with E-state index in [2.05, 4.69) is 17.2 Å². The lowest BCUT2D eigenvalue weighted by atomic mass is 9.91. The van der Waals surface area contributed by atoms with E-state index >= 15 is 0 Å². The molecular formula is C13H24N3O. The fourth-order valence-electron chi connectivity index (χ4n) is 1.93. The summed E-state index contributed by atoms with van der Waals surface area (Å²) in [6.45, 7) is 8.68. The van der Waals surface area contributed by atoms with E-state index in [1.165, 1.54) is 0 Å². The van der Waals surface area contributed by atoms with Crippen molar-refractivity contribution in [3.8, 4) is 0 Å². The maximum Gasteiger partial charge on any atom is 0.0827 e. The first-order valence-corrected chi connectivity index (χ1v) is 6.54. The summed E-state index contributed by atoms with van der Waals surface area (Å²) < 4.78 is 1.83. The summed E-state index contributed by atoms with van der Waals surface area (Å²) in [5.41, 5.74) is 0.511. The Morgan fingerprint density at radius 3 is 2.71 bits per heavy atom. The van der Waals surface area contributed by atoms with Gasteiger partial charge in [-0.05, 0) is 38.5 Å². The zero-order valence-corrected chi connectivity index (χ0v) is 11.0. The van der Waals surface area contributed by atoms with Crippen molar-refractivity contribution in [2.45, 2.75) is 64.5 Å². The number of aryl methyl sites for hydroxylation is 2. The Morgan fingerprint density at radius 1 is 1.41 bits per heavy atom. The van der Waals surface area contributed by atoms with Gasteiger partial charge in [0.1, 0.15) is 0 Å². The summed E-state index contributed by atoms with van der Waals surface area (Å²) in [6.07, 6.45) is 7.12. The third-order valence-electron chi connectivity index (χ3n) is 3.36. The van der Waals surface area contributed by atoms with Gasteiger partial charge in [-0.25, -0.2) is 0 Å². The van der Waals surface area contributed by atoms with Crippen LogP contribution in [0.15, 0.2) is 6.20 Å². The predicted octanol–water partition coefficient (Wildman–Crippen LogP) is 2.38. The lowest BCUT2D eigenvalue weighted by Gasteiger charge is -2.24. The number of aromatic nitrogens is 3. The van der Waals surface area contributed by atoms with Gasteiger partial charge in [0.05, 0.1) is 11.3 Å². The van der Waals surface area contributed by atoms with Crippen LogP contribution in [0.5, 0.6) is 0 Å². The topological polar surface area (TPSA) is 50.9 Å². The van der Waals surface area contributed by atoms with Gasteiger partial charge < -0.3 is 5.11 Å². The van der Waals surface area contributed by atoms with Crippen molar-refractivity contribution in [1.29, 1.82) is 0 Å². The van der Waals surface area contributed by atoms with Gasteiger partial charge in [-0.2, -0.15) is 0 Å². The zero-order chi connectivity index (χ0) is 12.7. The fraction of sp³-hybridized carbons (Fsp3) is 0.769. The normalized spacial score (nSPS) is 12.0. The Hall–Kier alpha value is -0.900. The highest BCUT2D eigenvalue weighted by Crippen LogP contribution is 2.21. The molecule has 0 spiro atoms. The van der Waals surface area contributed by atoms with E-state index in [9.17, 15) is 5.11 Å². The predicted molar refractivity (Wildman–Crippen MR) is 68.5 cm³/mol. The maximum atomic E-state index is 10.1. The third kappa shape index (κ3) is 4.46. The molecule has 0 aromatic carbocycles. The molecule has 0 saturated heterocycles. The first-order chi connectivity index (χ1) is 8.13. The zero-order valence-electron chi connectivity index (χ0n) is 11.0. The average molecular weight is 238 g/mol. The number of nitrogens with zero attached hydrogens (tertiary/aromatic N) is 3. The van der Waals surface area contributed by atoms with Gasteiger partial charge in [0.2, 0.25) is 0 Å². The van der Waals surface area contributed by atoms with Gasteiger partial charge in [-0.15, -0.1) is 5.10 Å². The molecule has 0 saturated carbocycles. The molecule has 17 heavy (non-hydrogen) atoms. The van der Waals surface area contributed by atoms with Gasteiger partial charge >= 0.3 is 0 Å². The molecule has 0 unspecified atom stereocenters. The molecule has 97 valence electrons. The SMILES string of the molecule is [CH2]CCn1cc(CCCC(O)(CC)CC)nn1. The molecule has 0 aliphatic heterocycles. The van der Waals surface area contributed by atoms with Crippen molar-refractivity contribution in [3.05, 3.63) is 18.8 Å². The van der Waals surface area contributed by atoms with Crippen LogP contribution in [0.1, 0.15) is 51.6 Å². The van der Waals surface area contributed by atoms with E-state index in [1.54, 1.807) is 0 Å². The van der Waals surface area contributed by atoms with E-state index in [-0.39, 0.29) is 0 Å². The largest absolute Gasteiger partial charge is 0.390 e. The van der Waals surface area contributed by atoms with Crippen LogP contribution in [0.4, 0.5) is 0 Å². The molecule has 4 nitrogen and oxygen atoms in total. The molecule has 1 N–H and O–H groups in total. The second-order valence-electron chi connectivity index (χ2n) is 4.61. The Labute approximate surface area is 104 Å². The molecule has 0 fully saturated rings. The van der Waals surface area contributed by atoms with Gasteiger partial charge in [0.25, 0.3) is 0 Å². The minimum Gasteiger partial charge on any atom is -0.390 e. The van der Waals surface area contributed by atoms with Crippen LogP contribution < -0.4 is 0 Å².